The van der Waals surface area contributed by atoms with E-state index >= 15 is 4.39 Å². The largest absolute Gasteiger partial charge is 0.489 e. The number of aromatic carboxylic acids is 1. The molecule has 0 saturated carbocycles. The molecule has 0 saturated heterocycles. The van der Waals surface area contributed by atoms with E-state index in [-0.39, 0.29) is 35.6 Å². The summed E-state index contributed by atoms with van der Waals surface area (Å²) in [6.07, 6.45) is 0.127. The quantitative estimate of drug-likeness (QED) is 0.180. The second-order valence-corrected chi connectivity index (χ2v) is 9.52. The molecule has 0 unspecified atom stereocenters. The predicted octanol–water partition coefficient (Wildman–Crippen LogP) is 7.19. The van der Waals surface area contributed by atoms with Crippen LogP contribution in [0, 0.1) is 24.0 Å². The van der Waals surface area contributed by atoms with Gasteiger partial charge in [0.05, 0.1) is 29.8 Å². The number of nitrogens with zero attached hydrogens (tertiary/aromatic N) is 3. The number of aromatic nitrogens is 2. The SMILES string of the molecule is [C-]#[N+]c1ccc(COc2cc(F)cc(-c3ccc(Cc4nc5ccc(C(=O)O)cc5n4CCOC)c(F)c3)c2)c(F)c1. The molecule has 0 aliphatic rings. The maximum Gasteiger partial charge on any atom is 0.335 e. The first-order valence-electron chi connectivity index (χ1n) is 12.8. The molecule has 0 aliphatic heterocycles. The number of carbonyl (C=O) groups is 1. The van der Waals surface area contributed by atoms with Crippen LogP contribution >= 0.6 is 0 Å². The Hall–Kier alpha value is -5.14. The molecule has 0 aliphatic carbocycles. The van der Waals surface area contributed by atoms with Crippen LogP contribution in [0.1, 0.15) is 27.3 Å². The highest BCUT2D eigenvalue weighted by molar-refractivity contribution is 5.92. The highest BCUT2D eigenvalue weighted by Crippen LogP contribution is 2.29. The van der Waals surface area contributed by atoms with Crippen molar-refractivity contribution in [2.45, 2.75) is 19.6 Å². The van der Waals surface area contributed by atoms with Crippen molar-refractivity contribution in [3.63, 3.8) is 0 Å². The zero-order valence-electron chi connectivity index (χ0n) is 22.4. The fourth-order valence-corrected chi connectivity index (χ4v) is 4.61. The van der Waals surface area contributed by atoms with E-state index in [1.54, 1.807) is 25.3 Å². The summed E-state index contributed by atoms with van der Waals surface area (Å²) >= 11 is 0. The van der Waals surface area contributed by atoms with Crippen LogP contribution in [0.15, 0.2) is 72.8 Å². The molecule has 0 atom stereocenters. The standard InChI is InChI=1S/C32H24F3N3O4/c1-36-25-7-5-22(28(35)17-25)18-42-26-12-23(11-24(33)16-26)19-3-4-20(27(34)13-19)15-31-37-29-8-6-21(32(39)40)14-30(29)38(31)9-10-41-2/h3-8,11-14,16-17H,9-10,15,18H2,2H3,(H,39,40). The highest BCUT2D eigenvalue weighted by atomic mass is 19.1. The van der Waals surface area contributed by atoms with E-state index in [0.717, 1.165) is 12.1 Å². The molecule has 42 heavy (non-hydrogen) atoms. The Morgan fingerprint density at radius 2 is 1.74 bits per heavy atom. The normalized spacial score (nSPS) is 11.0. The van der Waals surface area contributed by atoms with Crippen molar-refractivity contribution in [1.29, 1.82) is 0 Å². The molecule has 212 valence electrons. The lowest BCUT2D eigenvalue weighted by Gasteiger charge is -2.12. The number of rotatable bonds is 10. The minimum Gasteiger partial charge on any atom is -0.489 e. The highest BCUT2D eigenvalue weighted by Gasteiger charge is 2.16. The lowest BCUT2D eigenvalue weighted by atomic mass is 10.0. The first kappa shape index (κ1) is 28.4. The number of hydrogen-bond donors (Lipinski definition) is 1. The van der Waals surface area contributed by atoms with Gasteiger partial charge in [-0.3, -0.25) is 0 Å². The van der Waals surface area contributed by atoms with Crippen LogP contribution in [0.25, 0.3) is 27.0 Å². The minimum absolute atomic E-state index is 0.115. The van der Waals surface area contributed by atoms with Crippen LogP contribution in [-0.4, -0.2) is 34.3 Å². The molecular formula is C32H24F3N3O4. The van der Waals surface area contributed by atoms with E-state index in [9.17, 15) is 18.7 Å². The number of benzene rings is 4. The van der Waals surface area contributed by atoms with E-state index in [4.69, 9.17) is 16.0 Å². The summed E-state index contributed by atoms with van der Waals surface area (Å²) in [7, 11) is 1.55. The molecule has 0 amide bonds. The van der Waals surface area contributed by atoms with Crippen LogP contribution < -0.4 is 4.74 Å². The van der Waals surface area contributed by atoms with E-state index < -0.39 is 23.4 Å². The van der Waals surface area contributed by atoms with Gasteiger partial charge in [0, 0.05) is 31.7 Å². The third-order valence-electron chi connectivity index (χ3n) is 6.76. The number of imidazole rings is 1. The van der Waals surface area contributed by atoms with Crippen molar-refractivity contribution in [3.8, 4) is 16.9 Å². The fraction of sp³-hybridized carbons (Fsp3) is 0.156. The Morgan fingerprint density at radius 3 is 2.45 bits per heavy atom. The van der Waals surface area contributed by atoms with Gasteiger partial charge in [-0.15, -0.1) is 0 Å². The number of carboxylic acid groups (broad SMARTS) is 1. The molecule has 5 rings (SSSR count). The Morgan fingerprint density at radius 1 is 0.952 bits per heavy atom. The van der Waals surface area contributed by atoms with Crippen molar-refractivity contribution in [1.82, 2.24) is 9.55 Å². The summed E-state index contributed by atoms with van der Waals surface area (Å²) in [6, 6.07) is 17.1. The van der Waals surface area contributed by atoms with Gasteiger partial charge in [0.25, 0.3) is 0 Å². The molecule has 1 heterocycles. The smallest absolute Gasteiger partial charge is 0.335 e. The van der Waals surface area contributed by atoms with Gasteiger partial charge in [0.15, 0.2) is 5.69 Å². The van der Waals surface area contributed by atoms with Crippen molar-refractivity contribution >= 4 is 22.7 Å². The van der Waals surface area contributed by atoms with Gasteiger partial charge in [-0.05, 0) is 59.2 Å². The van der Waals surface area contributed by atoms with Crippen LogP contribution in [-0.2, 0) is 24.3 Å². The van der Waals surface area contributed by atoms with Crippen molar-refractivity contribution in [3.05, 3.63) is 124 Å². The molecule has 10 heteroatoms. The van der Waals surface area contributed by atoms with Gasteiger partial charge in [-0.25, -0.2) is 27.8 Å². The number of carboxylic acids is 1. The Labute approximate surface area is 239 Å². The minimum atomic E-state index is -1.06. The lowest BCUT2D eigenvalue weighted by Crippen LogP contribution is -2.10. The van der Waals surface area contributed by atoms with Gasteiger partial charge in [-0.1, -0.05) is 24.3 Å². The van der Waals surface area contributed by atoms with Gasteiger partial charge < -0.3 is 19.1 Å². The number of ether oxygens (including phenoxy) is 2. The molecule has 5 aromatic rings. The molecule has 0 bridgehead atoms. The third-order valence-corrected chi connectivity index (χ3v) is 6.76. The van der Waals surface area contributed by atoms with Crippen LogP contribution in [0.5, 0.6) is 5.75 Å². The first-order chi connectivity index (χ1) is 20.2. The van der Waals surface area contributed by atoms with Gasteiger partial charge in [0.2, 0.25) is 0 Å². The topological polar surface area (TPSA) is 77.9 Å². The summed E-state index contributed by atoms with van der Waals surface area (Å²) in [5, 5.41) is 9.40. The number of hydrogen-bond acceptors (Lipinski definition) is 4. The average Bonchev–Trinajstić information content (AvgIpc) is 3.32. The van der Waals surface area contributed by atoms with E-state index in [0.29, 0.717) is 46.7 Å². The first-order valence-corrected chi connectivity index (χ1v) is 12.8. The van der Waals surface area contributed by atoms with Crippen molar-refractivity contribution in [2.75, 3.05) is 13.7 Å². The van der Waals surface area contributed by atoms with Gasteiger partial charge >= 0.3 is 5.97 Å². The van der Waals surface area contributed by atoms with E-state index in [2.05, 4.69) is 9.83 Å². The summed E-state index contributed by atoms with van der Waals surface area (Å²) in [5.74, 6) is -2.13. The maximum atomic E-state index is 15.4. The lowest BCUT2D eigenvalue weighted by molar-refractivity contribution is 0.0697. The maximum absolute atomic E-state index is 15.4. The van der Waals surface area contributed by atoms with E-state index in [1.807, 2.05) is 4.57 Å². The Balaban J connectivity index is 1.39. The molecular weight excluding hydrogens is 547 g/mol. The molecule has 0 fully saturated rings. The molecule has 0 radical (unpaired) electrons. The second kappa shape index (κ2) is 12.2. The van der Waals surface area contributed by atoms with Gasteiger partial charge in [0.1, 0.15) is 35.6 Å². The molecule has 7 nitrogen and oxygen atoms in total. The Kier molecular flexibility index (Phi) is 8.22. The zero-order valence-corrected chi connectivity index (χ0v) is 22.4. The molecule has 1 N–H and O–H groups in total. The second-order valence-electron chi connectivity index (χ2n) is 9.52. The monoisotopic (exact) mass is 571 g/mol. The number of halogens is 3. The fourth-order valence-electron chi connectivity index (χ4n) is 4.61. The van der Waals surface area contributed by atoms with Gasteiger partial charge in [-0.2, -0.15) is 0 Å². The molecule has 1 aromatic heterocycles. The van der Waals surface area contributed by atoms with Crippen LogP contribution in [0.2, 0.25) is 0 Å². The summed E-state index contributed by atoms with van der Waals surface area (Å²) < 4.78 is 56.7. The predicted molar refractivity (Wildman–Crippen MR) is 150 cm³/mol. The van der Waals surface area contributed by atoms with Crippen LogP contribution in [0.3, 0.4) is 0 Å². The summed E-state index contributed by atoms with van der Waals surface area (Å²) in [5.41, 5.74) is 2.79. The molecule has 0 spiro atoms. The average molecular weight is 572 g/mol. The van der Waals surface area contributed by atoms with Crippen molar-refractivity contribution < 1.29 is 32.5 Å². The number of methoxy groups -OCH3 is 1. The number of fused-ring (bicyclic) bond motifs is 1. The van der Waals surface area contributed by atoms with Crippen LogP contribution in [0.4, 0.5) is 18.9 Å². The molecule has 4 aromatic carbocycles. The summed E-state index contributed by atoms with van der Waals surface area (Å²) in [6.45, 7) is 7.53. The van der Waals surface area contributed by atoms with E-state index in [1.165, 1.54) is 42.5 Å². The van der Waals surface area contributed by atoms with Crippen molar-refractivity contribution in [2.24, 2.45) is 0 Å². The third kappa shape index (κ3) is 6.11. The summed E-state index contributed by atoms with van der Waals surface area (Å²) in [4.78, 5) is 19.3. The Bertz CT molecular complexity index is 1850. The zero-order chi connectivity index (χ0) is 29.8.